The van der Waals surface area contributed by atoms with Crippen molar-refractivity contribution in [3.63, 3.8) is 0 Å². The third-order valence-electron chi connectivity index (χ3n) is 6.58. The summed E-state index contributed by atoms with van der Waals surface area (Å²) in [5, 5.41) is 8.65. The number of benzene rings is 3. The van der Waals surface area contributed by atoms with Crippen LogP contribution in [0.4, 0.5) is 32.0 Å². The average Bonchev–Trinajstić information content (AvgIpc) is 3.50. The van der Waals surface area contributed by atoms with E-state index in [1.54, 1.807) is 0 Å². The maximum Gasteiger partial charge on any atom is 0.586 e. The highest BCUT2D eigenvalue weighted by atomic mass is 35.5. The number of alkyl halides is 5. The first-order chi connectivity index (χ1) is 21.4. The fourth-order valence-electron chi connectivity index (χ4n) is 4.51. The summed E-state index contributed by atoms with van der Waals surface area (Å²) in [7, 11) is -4.01. The summed E-state index contributed by atoms with van der Waals surface area (Å²) < 4.78 is 121. The molecule has 0 saturated carbocycles. The predicted octanol–water partition coefficient (Wildman–Crippen LogP) is 7.01. The van der Waals surface area contributed by atoms with Crippen molar-refractivity contribution in [1.29, 1.82) is 0 Å². The van der Waals surface area contributed by atoms with Crippen LogP contribution in [0.5, 0.6) is 11.5 Å². The second-order valence-electron chi connectivity index (χ2n) is 9.85. The van der Waals surface area contributed by atoms with Crippen molar-refractivity contribution in [3.8, 4) is 45.2 Å². The Morgan fingerprint density at radius 1 is 1.07 bits per heavy atom. The van der Waals surface area contributed by atoms with Crippen LogP contribution in [0.25, 0.3) is 33.7 Å². The summed E-state index contributed by atoms with van der Waals surface area (Å²) in [6.45, 7) is 0.566. The van der Waals surface area contributed by atoms with Crippen LogP contribution in [0.1, 0.15) is 11.5 Å². The van der Waals surface area contributed by atoms with Gasteiger partial charge >= 0.3 is 12.5 Å². The number of rotatable bonds is 7. The summed E-state index contributed by atoms with van der Waals surface area (Å²) in [5.74, 6) is -1.56. The van der Waals surface area contributed by atoms with E-state index in [-0.39, 0.29) is 56.8 Å². The summed E-state index contributed by atoms with van der Waals surface area (Å²) in [6.07, 6.45) is -7.38. The Labute approximate surface area is 261 Å². The van der Waals surface area contributed by atoms with Crippen LogP contribution in [0.2, 0.25) is 0 Å². The lowest BCUT2D eigenvalue weighted by molar-refractivity contribution is -0.286. The van der Waals surface area contributed by atoms with Crippen molar-refractivity contribution in [3.05, 3.63) is 76.5 Å². The molecule has 9 nitrogen and oxygen atoms in total. The van der Waals surface area contributed by atoms with Crippen LogP contribution in [-0.4, -0.2) is 43.4 Å². The van der Waals surface area contributed by atoms with Crippen LogP contribution in [0, 0.1) is 12.7 Å². The molecule has 0 saturated heterocycles. The maximum absolute atomic E-state index is 15.0. The van der Waals surface area contributed by atoms with Crippen molar-refractivity contribution >= 4 is 33.3 Å². The Balaban J connectivity index is 1.73. The van der Waals surface area contributed by atoms with Gasteiger partial charge in [-0.15, -0.1) is 8.78 Å². The molecule has 1 aliphatic heterocycles. The van der Waals surface area contributed by atoms with Gasteiger partial charge in [-0.25, -0.2) is 17.8 Å². The highest BCUT2D eigenvalue weighted by Crippen LogP contribution is 2.46. The summed E-state index contributed by atoms with van der Waals surface area (Å²) in [5.41, 5.74) is 3.48. The molecular formula is C29H20ClF6N3O6S. The first-order valence-electron chi connectivity index (χ1n) is 12.8. The number of allylic oxidation sites excluding steroid dienone is 2. The highest BCUT2D eigenvalue weighted by molar-refractivity contribution is 7.90. The van der Waals surface area contributed by atoms with Crippen LogP contribution in [-0.2, 0) is 16.4 Å². The number of aliphatic hydroxyl groups is 1. The minimum Gasteiger partial charge on any atom is -0.440 e. The molecule has 4 aromatic rings. The number of sulfone groups is 1. The van der Waals surface area contributed by atoms with Gasteiger partial charge in [-0.1, -0.05) is 17.7 Å². The number of nitrogens with zero attached hydrogens (tertiary/aromatic N) is 2. The quantitative estimate of drug-likeness (QED) is 0.156. The molecule has 3 aromatic carbocycles. The van der Waals surface area contributed by atoms with E-state index in [4.69, 9.17) is 21.8 Å². The van der Waals surface area contributed by atoms with E-state index >= 15 is 0 Å². The topological polar surface area (TPSA) is 137 Å². The molecule has 0 fully saturated rings. The van der Waals surface area contributed by atoms with E-state index in [0.717, 1.165) is 18.4 Å². The molecular weight excluding hydrogens is 668 g/mol. The molecule has 1 aliphatic rings. The number of ether oxygens (including phenoxy) is 2. The molecule has 242 valence electrons. The van der Waals surface area contributed by atoms with Crippen LogP contribution in [0.3, 0.4) is 0 Å². The molecule has 0 amide bonds. The van der Waals surface area contributed by atoms with Gasteiger partial charge in [0.1, 0.15) is 17.2 Å². The van der Waals surface area contributed by atoms with E-state index in [0.29, 0.717) is 6.21 Å². The zero-order chi connectivity index (χ0) is 33.8. The number of aryl methyl sites for hydroxylation is 1. The van der Waals surface area contributed by atoms with Gasteiger partial charge in [-0.3, -0.25) is 4.99 Å². The average molecular weight is 688 g/mol. The standard InChI is InChI=1S/C29H20ClF6N3O6S/c1-13-39-25(15-4-6-22-23(9-15)45-29(35,36)44-22)26(43-13)17-7-14(3-5-21(17)38-11-19(30)27(37)28(32,33)34)16-8-20(31)18(12-40)24(10-16)46(2,41)42/h3-11,40H,12,37H2,1-2H3. The number of nitrogens with two attached hydrogens (primary N) is 1. The van der Waals surface area contributed by atoms with Gasteiger partial charge in [-0.05, 0) is 53.6 Å². The van der Waals surface area contributed by atoms with Crippen LogP contribution in [0.15, 0.2) is 73.6 Å². The van der Waals surface area contributed by atoms with Crippen molar-refractivity contribution in [2.24, 2.45) is 10.7 Å². The third-order valence-corrected chi connectivity index (χ3v) is 8.04. The van der Waals surface area contributed by atoms with Gasteiger partial charge in [0.05, 0.1) is 22.2 Å². The van der Waals surface area contributed by atoms with Gasteiger partial charge in [-0.2, -0.15) is 13.2 Å². The number of aliphatic imine (C=N–C) groups is 1. The number of hydrogen-bond acceptors (Lipinski definition) is 9. The second kappa shape index (κ2) is 11.7. The Bertz CT molecular complexity index is 2040. The molecule has 5 rings (SSSR count). The van der Waals surface area contributed by atoms with Crippen molar-refractivity contribution in [2.45, 2.75) is 30.9 Å². The summed E-state index contributed by atoms with van der Waals surface area (Å²) in [4.78, 5) is 7.90. The van der Waals surface area contributed by atoms with E-state index in [9.17, 15) is 39.9 Å². The largest absolute Gasteiger partial charge is 0.586 e. The third kappa shape index (κ3) is 6.54. The SMILES string of the molecule is Cc1nc(-c2ccc3c(c2)OC(F)(F)O3)c(-c2cc(-c3cc(F)c(CO)c(S(C)(=O)=O)c3)ccc2N=CC(Cl)=C(N)C(F)(F)F)o1. The lowest BCUT2D eigenvalue weighted by Gasteiger charge is -2.13. The van der Waals surface area contributed by atoms with E-state index in [2.05, 4.69) is 19.5 Å². The number of aliphatic hydroxyl groups excluding tert-OH is 1. The Morgan fingerprint density at radius 2 is 1.74 bits per heavy atom. The summed E-state index contributed by atoms with van der Waals surface area (Å²) in [6, 6.07) is 9.94. The first kappa shape index (κ1) is 32.8. The number of oxazole rings is 1. The lowest BCUT2D eigenvalue weighted by Crippen LogP contribution is -2.25. The minimum atomic E-state index is -4.96. The van der Waals surface area contributed by atoms with Gasteiger partial charge in [0.15, 0.2) is 33.0 Å². The molecule has 17 heteroatoms. The molecule has 0 atom stereocenters. The van der Waals surface area contributed by atoms with E-state index in [1.807, 2.05) is 0 Å². The van der Waals surface area contributed by atoms with Crippen LogP contribution >= 0.6 is 11.6 Å². The lowest BCUT2D eigenvalue weighted by atomic mass is 9.97. The van der Waals surface area contributed by atoms with Gasteiger partial charge in [0.25, 0.3) is 0 Å². The molecule has 2 heterocycles. The summed E-state index contributed by atoms with van der Waals surface area (Å²) >= 11 is 5.75. The Hall–Kier alpha value is -4.54. The number of halogens is 7. The van der Waals surface area contributed by atoms with E-state index < -0.39 is 55.9 Å². The first-order valence-corrected chi connectivity index (χ1v) is 15.1. The maximum atomic E-state index is 15.0. The molecule has 0 radical (unpaired) electrons. The zero-order valence-electron chi connectivity index (χ0n) is 23.4. The fraction of sp³-hybridized carbons (Fsp3) is 0.172. The van der Waals surface area contributed by atoms with Gasteiger partial charge in [0.2, 0.25) is 0 Å². The monoisotopic (exact) mass is 687 g/mol. The minimum absolute atomic E-state index is 0.0363. The fourth-order valence-corrected chi connectivity index (χ4v) is 5.61. The number of aromatic nitrogens is 1. The molecule has 46 heavy (non-hydrogen) atoms. The van der Waals surface area contributed by atoms with Gasteiger partial charge in [0, 0.05) is 36.1 Å². The molecule has 3 N–H and O–H groups in total. The van der Waals surface area contributed by atoms with E-state index in [1.165, 1.54) is 43.3 Å². The number of fused-ring (bicyclic) bond motifs is 1. The predicted molar refractivity (Wildman–Crippen MR) is 154 cm³/mol. The molecule has 0 spiro atoms. The smallest absolute Gasteiger partial charge is 0.440 e. The molecule has 0 unspecified atom stereocenters. The molecule has 0 bridgehead atoms. The Kier molecular flexibility index (Phi) is 8.33. The Morgan fingerprint density at radius 3 is 2.39 bits per heavy atom. The van der Waals surface area contributed by atoms with Crippen molar-refractivity contribution in [1.82, 2.24) is 4.98 Å². The molecule has 0 aliphatic carbocycles. The van der Waals surface area contributed by atoms with Crippen molar-refractivity contribution < 1.29 is 53.8 Å². The normalized spacial score (nSPS) is 15.0. The highest BCUT2D eigenvalue weighted by Gasteiger charge is 2.43. The van der Waals surface area contributed by atoms with Crippen LogP contribution < -0.4 is 15.2 Å². The van der Waals surface area contributed by atoms with Gasteiger partial charge < -0.3 is 24.7 Å². The zero-order valence-corrected chi connectivity index (χ0v) is 25.0. The molecule has 1 aromatic heterocycles. The second-order valence-corrected chi connectivity index (χ2v) is 12.2. The van der Waals surface area contributed by atoms with Crippen molar-refractivity contribution in [2.75, 3.05) is 6.26 Å². The number of hydrogen-bond donors (Lipinski definition) is 2.